The third kappa shape index (κ3) is 4.35. The van der Waals surface area contributed by atoms with Crippen LogP contribution in [0.5, 0.6) is 0 Å². The van der Waals surface area contributed by atoms with Gasteiger partial charge in [0.25, 0.3) is 0 Å². The lowest BCUT2D eigenvalue weighted by atomic mass is 9.94. The average molecular weight is 267 g/mol. The Kier molecular flexibility index (Phi) is 6.02. The Morgan fingerprint density at radius 2 is 2.00 bits per heavy atom. The van der Waals surface area contributed by atoms with Crippen molar-refractivity contribution in [3.8, 4) is 0 Å². The number of likely N-dealkylation sites (tertiary alicyclic amines) is 1. The van der Waals surface area contributed by atoms with Crippen LogP contribution in [0, 0.1) is 5.92 Å². The SMILES string of the molecule is C=CCNC(=O)C(C)N1CCC(C(=O)N(C)C)CC1. The molecule has 0 aromatic heterocycles. The summed E-state index contributed by atoms with van der Waals surface area (Å²) in [6, 6.07) is -0.143. The zero-order valence-electron chi connectivity index (χ0n) is 12.2. The molecule has 5 nitrogen and oxygen atoms in total. The van der Waals surface area contributed by atoms with Gasteiger partial charge in [0.05, 0.1) is 6.04 Å². The van der Waals surface area contributed by atoms with Gasteiger partial charge in [-0.25, -0.2) is 0 Å². The molecule has 1 aliphatic rings. The van der Waals surface area contributed by atoms with Crippen LogP contribution in [0.4, 0.5) is 0 Å². The lowest BCUT2D eigenvalue weighted by Crippen LogP contribution is -2.49. The second-order valence-electron chi connectivity index (χ2n) is 5.25. The number of carbonyl (C=O) groups is 2. The summed E-state index contributed by atoms with van der Waals surface area (Å²) in [5.74, 6) is 0.329. The lowest BCUT2D eigenvalue weighted by Gasteiger charge is -2.35. The minimum absolute atomic E-state index is 0.0253. The molecule has 0 aliphatic carbocycles. The fourth-order valence-electron chi connectivity index (χ4n) is 2.39. The highest BCUT2D eigenvalue weighted by Gasteiger charge is 2.30. The maximum absolute atomic E-state index is 11.9. The largest absolute Gasteiger partial charge is 0.351 e. The highest BCUT2D eigenvalue weighted by molar-refractivity contribution is 5.81. The van der Waals surface area contributed by atoms with Gasteiger partial charge >= 0.3 is 0 Å². The molecule has 1 aliphatic heterocycles. The van der Waals surface area contributed by atoms with Crippen molar-refractivity contribution in [3.05, 3.63) is 12.7 Å². The molecule has 1 heterocycles. The Morgan fingerprint density at radius 3 is 2.47 bits per heavy atom. The molecule has 108 valence electrons. The van der Waals surface area contributed by atoms with Gasteiger partial charge in [0.1, 0.15) is 0 Å². The lowest BCUT2D eigenvalue weighted by molar-refractivity contribution is -0.135. The molecule has 1 N–H and O–H groups in total. The monoisotopic (exact) mass is 267 g/mol. The average Bonchev–Trinajstić information content (AvgIpc) is 2.43. The molecule has 1 fully saturated rings. The number of piperidine rings is 1. The second-order valence-corrected chi connectivity index (χ2v) is 5.25. The number of nitrogens with zero attached hydrogens (tertiary/aromatic N) is 2. The van der Waals surface area contributed by atoms with E-state index in [0.717, 1.165) is 25.9 Å². The number of nitrogens with one attached hydrogen (secondary N) is 1. The van der Waals surface area contributed by atoms with Gasteiger partial charge in [-0.3, -0.25) is 14.5 Å². The van der Waals surface area contributed by atoms with Crippen LogP contribution in [-0.2, 0) is 9.59 Å². The van der Waals surface area contributed by atoms with Gasteiger partial charge in [0.15, 0.2) is 0 Å². The molecule has 0 bridgehead atoms. The van der Waals surface area contributed by atoms with Crippen molar-refractivity contribution < 1.29 is 9.59 Å². The van der Waals surface area contributed by atoms with E-state index < -0.39 is 0 Å². The molecule has 1 atom stereocenters. The van der Waals surface area contributed by atoms with E-state index in [0.29, 0.717) is 6.54 Å². The summed E-state index contributed by atoms with van der Waals surface area (Å²) in [5, 5.41) is 2.81. The Morgan fingerprint density at radius 1 is 1.42 bits per heavy atom. The van der Waals surface area contributed by atoms with E-state index in [-0.39, 0.29) is 23.8 Å². The van der Waals surface area contributed by atoms with Crippen molar-refractivity contribution >= 4 is 11.8 Å². The summed E-state index contributed by atoms with van der Waals surface area (Å²) in [7, 11) is 3.58. The predicted molar refractivity (Wildman–Crippen MR) is 75.7 cm³/mol. The van der Waals surface area contributed by atoms with Crippen LogP contribution in [0.15, 0.2) is 12.7 Å². The van der Waals surface area contributed by atoms with Crippen molar-refractivity contribution in [3.63, 3.8) is 0 Å². The maximum atomic E-state index is 11.9. The van der Waals surface area contributed by atoms with Crippen LogP contribution in [0.2, 0.25) is 0 Å². The van der Waals surface area contributed by atoms with E-state index >= 15 is 0 Å². The molecule has 0 radical (unpaired) electrons. The van der Waals surface area contributed by atoms with Crippen LogP contribution < -0.4 is 5.32 Å². The van der Waals surface area contributed by atoms with E-state index in [2.05, 4.69) is 16.8 Å². The van der Waals surface area contributed by atoms with Crippen molar-refractivity contribution in [2.24, 2.45) is 5.92 Å². The van der Waals surface area contributed by atoms with E-state index in [4.69, 9.17) is 0 Å². The number of hydrogen-bond donors (Lipinski definition) is 1. The topological polar surface area (TPSA) is 52.7 Å². The molecular weight excluding hydrogens is 242 g/mol. The molecule has 0 saturated carbocycles. The van der Waals surface area contributed by atoms with Crippen LogP contribution >= 0.6 is 0 Å². The fraction of sp³-hybridized carbons (Fsp3) is 0.714. The van der Waals surface area contributed by atoms with Gasteiger partial charge in [-0.05, 0) is 32.9 Å². The summed E-state index contributed by atoms with van der Waals surface area (Å²) in [6.45, 7) is 7.58. The van der Waals surface area contributed by atoms with Gasteiger partial charge in [-0.1, -0.05) is 6.08 Å². The zero-order chi connectivity index (χ0) is 14.4. The fourth-order valence-corrected chi connectivity index (χ4v) is 2.39. The first-order valence-corrected chi connectivity index (χ1v) is 6.81. The summed E-state index contributed by atoms with van der Waals surface area (Å²) >= 11 is 0. The molecule has 0 aromatic carbocycles. The van der Waals surface area contributed by atoms with Crippen LogP contribution in [0.3, 0.4) is 0 Å². The van der Waals surface area contributed by atoms with E-state index in [1.807, 2.05) is 6.92 Å². The van der Waals surface area contributed by atoms with E-state index in [1.165, 1.54) is 0 Å². The first-order valence-electron chi connectivity index (χ1n) is 6.81. The van der Waals surface area contributed by atoms with Crippen molar-refractivity contribution in [2.45, 2.75) is 25.8 Å². The Balaban J connectivity index is 2.42. The number of amides is 2. The van der Waals surface area contributed by atoms with Crippen LogP contribution in [0.25, 0.3) is 0 Å². The molecule has 19 heavy (non-hydrogen) atoms. The van der Waals surface area contributed by atoms with Crippen LogP contribution in [-0.4, -0.2) is 61.4 Å². The van der Waals surface area contributed by atoms with E-state index in [9.17, 15) is 9.59 Å². The first-order chi connectivity index (χ1) is 8.97. The third-order valence-electron chi connectivity index (χ3n) is 3.67. The van der Waals surface area contributed by atoms with Gasteiger partial charge in [-0.2, -0.15) is 0 Å². The number of rotatable bonds is 5. The number of carbonyl (C=O) groups excluding carboxylic acids is 2. The van der Waals surface area contributed by atoms with Crippen LogP contribution in [0.1, 0.15) is 19.8 Å². The zero-order valence-corrected chi connectivity index (χ0v) is 12.2. The first kappa shape index (κ1) is 15.7. The highest BCUT2D eigenvalue weighted by atomic mass is 16.2. The van der Waals surface area contributed by atoms with Gasteiger partial charge in [0.2, 0.25) is 11.8 Å². The summed E-state index contributed by atoms with van der Waals surface area (Å²) < 4.78 is 0. The Hall–Kier alpha value is -1.36. The molecule has 1 rings (SSSR count). The molecule has 2 amide bonds. The molecule has 5 heteroatoms. The quantitative estimate of drug-likeness (QED) is 0.737. The summed E-state index contributed by atoms with van der Waals surface area (Å²) in [6.07, 6.45) is 3.33. The van der Waals surface area contributed by atoms with Crippen molar-refractivity contribution in [1.82, 2.24) is 15.1 Å². The Bertz CT molecular complexity index is 334. The molecular formula is C14H25N3O2. The van der Waals surface area contributed by atoms with E-state index in [1.54, 1.807) is 25.1 Å². The van der Waals surface area contributed by atoms with Gasteiger partial charge in [0, 0.05) is 26.6 Å². The maximum Gasteiger partial charge on any atom is 0.237 e. The molecule has 1 saturated heterocycles. The van der Waals surface area contributed by atoms with Crippen molar-refractivity contribution in [2.75, 3.05) is 33.7 Å². The third-order valence-corrected chi connectivity index (χ3v) is 3.67. The smallest absolute Gasteiger partial charge is 0.237 e. The minimum Gasteiger partial charge on any atom is -0.351 e. The standard InChI is InChI=1S/C14H25N3O2/c1-5-8-15-13(18)11(2)17-9-6-12(7-10-17)14(19)16(3)4/h5,11-12H,1,6-10H2,2-4H3,(H,15,18). The molecule has 1 unspecified atom stereocenters. The second kappa shape index (κ2) is 7.28. The normalized spacial score (nSPS) is 18.7. The highest BCUT2D eigenvalue weighted by Crippen LogP contribution is 2.20. The minimum atomic E-state index is -0.143. The molecule has 0 aromatic rings. The summed E-state index contributed by atoms with van der Waals surface area (Å²) in [4.78, 5) is 27.5. The summed E-state index contributed by atoms with van der Waals surface area (Å²) in [5.41, 5.74) is 0. The predicted octanol–water partition coefficient (Wildman–Crippen LogP) is 0.477. The van der Waals surface area contributed by atoms with Gasteiger partial charge in [-0.15, -0.1) is 6.58 Å². The number of hydrogen-bond acceptors (Lipinski definition) is 3. The Labute approximate surface area is 115 Å². The molecule has 0 spiro atoms. The van der Waals surface area contributed by atoms with Gasteiger partial charge < -0.3 is 10.2 Å². The van der Waals surface area contributed by atoms with Crippen molar-refractivity contribution in [1.29, 1.82) is 0 Å².